The fourth-order valence-electron chi connectivity index (χ4n) is 4.40. The van der Waals surface area contributed by atoms with Gasteiger partial charge < -0.3 is 9.47 Å². The van der Waals surface area contributed by atoms with Crippen molar-refractivity contribution in [2.24, 2.45) is 0 Å². The molecule has 4 atom stereocenters. The zero-order chi connectivity index (χ0) is 20.2. The number of hydrazine groups is 1. The second-order valence-electron chi connectivity index (χ2n) is 8.04. The Morgan fingerprint density at radius 2 is 1.03 bits per heavy atom. The molecule has 154 valence electrons. The molecule has 0 aromatic heterocycles. The van der Waals surface area contributed by atoms with Crippen molar-refractivity contribution < 1.29 is 19.1 Å². The second kappa shape index (κ2) is 6.72. The molecule has 0 radical (unpaired) electrons. The predicted molar refractivity (Wildman–Crippen MR) is 106 cm³/mol. The Labute approximate surface area is 174 Å². The van der Waals surface area contributed by atoms with E-state index in [1.807, 2.05) is 60.7 Å². The number of fused-ring (bicyclic) bond motifs is 1. The van der Waals surface area contributed by atoms with Gasteiger partial charge >= 0.3 is 12.1 Å². The van der Waals surface area contributed by atoms with Crippen LogP contribution in [0.4, 0.5) is 9.59 Å². The highest BCUT2D eigenvalue weighted by atomic mass is 16.6. The first-order valence-corrected chi connectivity index (χ1v) is 10.2. The smallest absolute Gasteiger partial charge is 0.343 e. The molecule has 0 spiro atoms. The van der Waals surface area contributed by atoms with Gasteiger partial charge in [-0.15, -0.1) is 0 Å². The Kier molecular flexibility index (Phi) is 3.97. The minimum atomic E-state index is -0.494. The lowest BCUT2D eigenvalue weighted by atomic mass is 10.1. The second-order valence-corrected chi connectivity index (χ2v) is 8.04. The molecule has 4 aliphatic rings. The number of carbonyl (C=O) groups is 2. The Hall–Kier alpha value is -3.10. The number of hydrogen-bond acceptors (Lipinski definition) is 4. The largest absolute Gasteiger partial charge is 0.371 e. The molecule has 4 heterocycles. The van der Waals surface area contributed by atoms with Crippen LogP contribution in [0.15, 0.2) is 60.7 Å². The Morgan fingerprint density at radius 3 is 1.37 bits per heavy atom. The molecule has 8 nitrogen and oxygen atoms in total. The molecule has 0 saturated carbocycles. The van der Waals surface area contributed by atoms with Crippen LogP contribution in [0.2, 0.25) is 0 Å². The standard InChI is InChI=1S/C22H22N4O4/c27-21-23(11-17-13-29-17)19(15-7-3-1-4-8-15)25-22(28)24(12-18-14-30-18)20(26(21)25)16-9-5-2-6-10-16/h1-10,17-20H,11-14H2/t17-,18-,19-,20-/m1/s1. The van der Waals surface area contributed by atoms with Crippen molar-refractivity contribution >= 4 is 12.1 Å². The summed E-state index contributed by atoms with van der Waals surface area (Å²) in [6.45, 7) is 2.22. The monoisotopic (exact) mass is 406 g/mol. The zero-order valence-corrected chi connectivity index (χ0v) is 16.3. The number of benzene rings is 2. The quantitative estimate of drug-likeness (QED) is 0.692. The van der Waals surface area contributed by atoms with Gasteiger partial charge in [-0.05, 0) is 11.1 Å². The van der Waals surface area contributed by atoms with E-state index in [0.29, 0.717) is 26.3 Å². The van der Waals surface area contributed by atoms with Gasteiger partial charge in [0.2, 0.25) is 0 Å². The van der Waals surface area contributed by atoms with Gasteiger partial charge in [-0.1, -0.05) is 60.7 Å². The van der Waals surface area contributed by atoms with Gasteiger partial charge in [0.05, 0.1) is 38.5 Å². The van der Waals surface area contributed by atoms with Crippen LogP contribution < -0.4 is 0 Å². The molecule has 2 aromatic rings. The highest BCUT2D eigenvalue weighted by Crippen LogP contribution is 2.46. The average molecular weight is 406 g/mol. The topological polar surface area (TPSA) is 72.2 Å². The Balaban J connectivity index is 1.44. The SMILES string of the molecule is O=C1N(C[C@@H]2CO2)[C@@H](c2ccccc2)N2C(=O)N(C[C@@H]3CO3)[C@@H](c3ccccc3)N12. The number of carbonyl (C=O) groups excluding carboxylic acids is 2. The third-order valence-electron chi connectivity index (χ3n) is 5.97. The van der Waals surface area contributed by atoms with Crippen LogP contribution in [0.25, 0.3) is 0 Å². The fraction of sp³-hybridized carbons (Fsp3) is 0.364. The van der Waals surface area contributed by atoms with Crippen LogP contribution >= 0.6 is 0 Å². The van der Waals surface area contributed by atoms with Crippen LogP contribution in [0.3, 0.4) is 0 Å². The predicted octanol–water partition coefficient (Wildman–Crippen LogP) is 2.57. The average Bonchev–Trinajstić information content (AvgIpc) is 3.70. The minimum Gasteiger partial charge on any atom is -0.371 e. The van der Waals surface area contributed by atoms with Crippen molar-refractivity contribution in [3.05, 3.63) is 71.8 Å². The van der Waals surface area contributed by atoms with Crippen molar-refractivity contribution in [3.8, 4) is 0 Å². The van der Waals surface area contributed by atoms with Crippen molar-refractivity contribution in [2.45, 2.75) is 24.5 Å². The summed E-state index contributed by atoms with van der Waals surface area (Å²) in [5.41, 5.74) is 1.80. The normalized spacial score (nSPS) is 29.6. The highest BCUT2D eigenvalue weighted by Gasteiger charge is 2.59. The van der Waals surface area contributed by atoms with Gasteiger partial charge in [-0.3, -0.25) is 9.80 Å². The Morgan fingerprint density at radius 1 is 0.667 bits per heavy atom. The van der Waals surface area contributed by atoms with Crippen molar-refractivity contribution in [1.82, 2.24) is 19.8 Å². The fourth-order valence-corrected chi connectivity index (χ4v) is 4.40. The molecule has 2 aromatic carbocycles. The van der Waals surface area contributed by atoms with Crippen LogP contribution in [0.1, 0.15) is 23.5 Å². The summed E-state index contributed by atoms with van der Waals surface area (Å²) in [7, 11) is 0. The molecule has 4 saturated heterocycles. The van der Waals surface area contributed by atoms with Gasteiger partial charge in [0.15, 0.2) is 12.3 Å². The van der Waals surface area contributed by atoms with E-state index in [2.05, 4.69) is 0 Å². The van der Waals surface area contributed by atoms with Gasteiger partial charge in [0.25, 0.3) is 0 Å². The molecule has 0 unspecified atom stereocenters. The maximum absolute atomic E-state index is 13.7. The highest BCUT2D eigenvalue weighted by molar-refractivity contribution is 5.88. The lowest BCUT2D eigenvalue weighted by Gasteiger charge is -2.29. The van der Waals surface area contributed by atoms with E-state index in [0.717, 1.165) is 11.1 Å². The van der Waals surface area contributed by atoms with Crippen LogP contribution in [-0.2, 0) is 9.47 Å². The molecule has 4 fully saturated rings. The van der Waals surface area contributed by atoms with Crippen molar-refractivity contribution in [3.63, 3.8) is 0 Å². The summed E-state index contributed by atoms with van der Waals surface area (Å²) in [4.78, 5) is 30.8. The summed E-state index contributed by atoms with van der Waals surface area (Å²) in [5.74, 6) is 0. The van der Waals surface area contributed by atoms with Crippen molar-refractivity contribution in [2.75, 3.05) is 26.3 Å². The molecule has 8 heteroatoms. The van der Waals surface area contributed by atoms with Gasteiger partial charge in [-0.2, -0.15) is 0 Å². The molecule has 0 aliphatic carbocycles. The van der Waals surface area contributed by atoms with Crippen LogP contribution in [0.5, 0.6) is 0 Å². The number of rotatable bonds is 6. The van der Waals surface area contributed by atoms with E-state index in [1.54, 1.807) is 19.8 Å². The van der Waals surface area contributed by atoms with E-state index in [9.17, 15) is 9.59 Å². The molecule has 30 heavy (non-hydrogen) atoms. The maximum atomic E-state index is 13.7. The molecular weight excluding hydrogens is 384 g/mol. The molecule has 0 N–H and O–H groups in total. The lowest BCUT2D eigenvalue weighted by Crippen LogP contribution is -2.42. The van der Waals surface area contributed by atoms with Gasteiger partial charge in [0.1, 0.15) is 0 Å². The minimum absolute atomic E-state index is 0.0302. The van der Waals surface area contributed by atoms with E-state index < -0.39 is 12.3 Å². The number of hydrogen-bond donors (Lipinski definition) is 0. The number of epoxide rings is 2. The Bertz CT molecular complexity index is 884. The summed E-state index contributed by atoms with van der Waals surface area (Å²) in [5, 5.41) is 3.22. The van der Waals surface area contributed by atoms with Crippen LogP contribution in [-0.4, -0.2) is 70.4 Å². The maximum Gasteiger partial charge on any atom is 0.343 e. The third-order valence-corrected chi connectivity index (χ3v) is 5.97. The molecule has 4 aliphatic heterocycles. The summed E-state index contributed by atoms with van der Waals surface area (Å²) >= 11 is 0. The first-order chi connectivity index (χ1) is 14.7. The molecule has 0 bridgehead atoms. The molecule has 4 amide bonds. The van der Waals surface area contributed by atoms with Crippen LogP contribution in [0, 0.1) is 0 Å². The lowest BCUT2D eigenvalue weighted by molar-refractivity contribution is 0.0504. The number of urea groups is 2. The van der Waals surface area contributed by atoms with E-state index in [-0.39, 0.29) is 24.3 Å². The van der Waals surface area contributed by atoms with E-state index in [1.165, 1.54) is 0 Å². The van der Waals surface area contributed by atoms with E-state index in [4.69, 9.17) is 9.47 Å². The number of nitrogens with zero attached hydrogens (tertiary/aromatic N) is 4. The summed E-state index contributed by atoms with van der Waals surface area (Å²) in [6.07, 6.45) is -0.927. The van der Waals surface area contributed by atoms with E-state index >= 15 is 0 Å². The first-order valence-electron chi connectivity index (χ1n) is 10.2. The molecule has 6 rings (SSSR count). The van der Waals surface area contributed by atoms with Gasteiger partial charge in [-0.25, -0.2) is 19.6 Å². The number of ether oxygens (including phenoxy) is 2. The van der Waals surface area contributed by atoms with Crippen molar-refractivity contribution in [1.29, 1.82) is 0 Å². The summed E-state index contributed by atoms with van der Waals surface area (Å²) < 4.78 is 10.8. The summed E-state index contributed by atoms with van der Waals surface area (Å²) in [6, 6.07) is 19.1. The zero-order valence-electron chi connectivity index (χ0n) is 16.3. The molecular formula is C22H22N4O4. The van der Waals surface area contributed by atoms with Gasteiger partial charge in [0, 0.05) is 0 Å². The third kappa shape index (κ3) is 2.83. The first kappa shape index (κ1) is 17.7. The number of amides is 4.